The molecule has 1 aliphatic heterocycles. The van der Waals surface area contributed by atoms with Crippen molar-refractivity contribution in [2.75, 3.05) is 18.5 Å². The number of fused-ring (bicyclic) bond motifs is 3. The third kappa shape index (κ3) is 3.57. The molecule has 2 aliphatic rings. The van der Waals surface area contributed by atoms with Crippen molar-refractivity contribution in [2.45, 2.75) is 17.4 Å². The van der Waals surface area contributed by atoms with Crippen molar-refractivity contribution in [1.29, 1.82) is 0 Å². The van der Waals surface area contributed by atoms with Crippen LogP contribution >= 0.6 is 0 Å². The van der Waals surface area contributed by atoms with Gasteiger partial charge < -0.3 is 9.47 Å². The molecule has 1 unspecified atom stereocenters. The van der Waals surface area contributed by atoms with E-state index in [0.717, 1.165) is 0 Å². The third-order valence-electron chi connectivity index (χ3n) is 7.21. The molecule has 1 atom stereocenters. The number of halogens is 1. The van der Waals surface area contributed by atoms with Crippen LogP contribution in [0, 0.1) is 5.82 Å². The van der Waals surface area contributed by atoms with Gasteiger partial charge in [0.25, 0.3) is 10.0 Å². The van der Waals surface area contributed by atoms with E-state index in [2.05, 4.69) is 0 Å². The summed E-state index contributed by atoms with van der Waals surface area (Å²) in [6, 6.07) is 19.1. The lowest BCUT2D eigenvalue weighted by molar-refractivity contribution is 0.0974. The van der Waals surface area contributed by atoms with Crippen molar-refractivity contribution < 1.29 is 31.9 Å². The molecule has 0 N–H and O–H groups in total. The minimum absolute atomic E-state index is 0.0245. The molecule has 0 spiro atoms. The van der Waals surface area contributed by atoms with Crippen molar-refractivity contribution in [1.82, 2.24) is 0 Å². The predicted molar refractivity (Wildman–Crippen MR) is 142 cm³/mol. The number of ether oxygens (including phenoxy) is 2. The van der Waals surface area contributed by atoms with Gasteiger partial charge in [-0.2, -0.15) is 0 Å². The Morgan fingerprint density at radius 2 is 1.31 bits per heavy atom. The van der Waals surface area contributed by atoms with Gasteiger partial charge in [0.1, 0.15) is 17.3 Å². The van der Waals surface area contributed by atoms with E-state index in [4.69, 9.17) is 9.47 Å². The van der Waals surface area contributed by atoms with Crippen molar-refractivity contribution >= 4 is 27.3 Å². The molecule has 1 heterocycles. The Hall–Kier alpha value is -4.50. The Morgan fingerprint density at radius 1 is 0.769 bits per heavy atom. The average molecular weight is 544 g/mol. The maximum Gasteiger partial charge on any atom is 0.265 e. The van der Waals surface area contributed by atoms with Crippen LogP contribution in [-0.2, 0) is 16.4 Å². The number of hydrogen-bond acceptors (Lipinski definition) is 6. The second-order valence-electron chi connectivity index (χ2n) is 9.23. The van der Waals surface area contributed by atoms with Crippen molar-refractivity contribution in [3.05, 3.63) is 118 Å². The van der Waals surface area contributed by atoms with Crippen LogP contribution in [-0.4, -0.2) is 34.2 Å². The molecule has 0 saturated carbocycles. The molecule has 0 aromatic heterocycles. The lowest BCUT2D eigenvalue weighted by Crippen LogP contribution is -2.33. The summed E-state index contributed by atoms with van der Waals surface area (Å²) in [5.74, 6) is -1.27. The largest absolute Gasteiger partial charge is 0.496 e. The Bertz CT molecular complexity index is 1770. The number of ketones is 2. The average Bonchev–Trinajstić information content (AvgIpc) is 3.36. The molecule has 0 amide bonds. The number of carbonyl (C=O) groups is 2. The van der Waals surface area contributed by atoms with Gasteiger partial charge in [-0.3, -0.25) is 13.9 Å². The first-order valence-corrected chi connectivity index (χ1v) is 13.6. The van der Waals surface area contributed by atoms with Gasteiger partial charge in [-0.05, 0) is 29.8 Å². The van der Waals surface area contributed by atoms with Crippen molar-refractivity contribution in [2.24, 2.45) is 0 Å². The second-order valence-corrected chi connectivity index (χ2v) is 11.0. The van der Waals surface area contributed by atoms with E-state index in [1.807, 2.05) is 0 Å². The highest BCUT2D eigenvalue weighted by Gasteiger charge is 2.48. The Kier molecular flexibility index (Phi) is 5.76. The Labute approximate surface area is 224 Å². The van der Waals surface area contributed by atoms with E-state index in [1.165, 1.54) is 54.9 Å². The van der Waals surface area contributed by atoms with Gasteiger partial charge in [0, 0.05) is 23.1 Å². The summed E-state index contributed by atoms with van der Waals surface area (Å²) in [6.07, 6.45) is 0.100. The molecule has 9 heteroatoms. The highest BCUT2D eigenvalue weighted by atomic mass is 32.2. The molecule has 0 bridgehead atoms. The lowest BCUT2D eigenvalue weighted by atomic mass is 9.81. The number of carbonyl (C=O) groups excluding carboxylic acids is 2. The second kappa shape index (κ2) is 9.06. The van der Waals surface area contributed by atoms with E-state index < -0.39 is 33.4 Å². The smallest absolute Gasteiger partial charge is 0.265 e. The van der Waals surface area contributed by atoms with Crippen LogP contribution in [0.15, 0.2) is 83.8 Å². The normalized spacial score (nSPS) is 16.0. The monoisotopic (exact) mass is 543 g/mol. The molecule has 4 aromatic rings. The van der Waals surface area contributed by atoms with E-state index in [1.54, 1.807) is 42.5 Å². The van der Waals surface area contributed by atoms with E-state index in [-0.39, 0.29) is 50.8 Å². The Balaban J connectivity index is 1.70. The zero-order chi connectivity index (χ0) is 27.5. The molecular formula is C30H22FNO6S. The fourth-order valence-corrected chi connectivity index (χ4v) is 7.23. The van der Waals surface area contributed by atoms with Gasteiger partial charge in [-0.25, -0.2) is 12.8 Å². The van der Waals surface area contributed by atoms with Crippen LogP contribution in [0.25, 0.3) is 0 Å². The zero-order valence-electron chi connectivity index (χ0n) is 21.0. The quantitative estimate of drug-likeness (QED) is 0.306. The summed E-state index contributed by atoms with van der Waals surface area (Å²) < 4.78 is 55.0. The molecule has 4 aromatic carbocycles. The molecule has 0 radical (unpaired) electrons. The van der Waals surface area contributed by atoms with E-state index >= 15 is 0 Å². The van der Waals surface area contributed by atoms with Crippen LogP contribution in [0.3, 0.4) is 0 Å². The first kappa shape index (κ1) is 24.8. The summed E-state index contributed by atoms with van der Waals surface area (Å²) in [5, 5.41) is 0. The fraction of sp³-hybridized carbons (Fsp3) is 0.133. The number of anilines is 1. The molecule has 7 nitrogen and oxygen atoms in total. The third-order valence-corrected chi connectivity index (χ3v) is 9.04. The molecule has 1 aliphatic carbocycles. The lowest BCUT2D eigenvalue weighted by Gasteiger charge is -2.30. The summed E-state index contributed by atoms with van der Waals surface area (Å²) >= 11 is 0. The molecule has 0 saturated heterocycles. The summed E-state index contributed by atoms with van der Waals surface area (Å²) in [5.41, 5.74) is 1.46. The van der Waals surface area contributed by atoms with Crippen molar-refractivity contribution in [3.8, 4) is 11.5 Å². The topological polar surface area (TPSA) is 90.0 Å². The summed E-state index contributed by atoms with van der Waals surface area (Å²) in [7, 11) is -1.52. The summed E-state index contributed by atoms with van der Waals surface area (Å²) in [6.45, 7) is 0. The van der Waals surface area contributed by atoms with E-state index in [0.29, 0.717) is 11.1 Å². The van der Waals surface area contributed by atoms with Gasteiger partial charge >= 0.3 is 0 Å². The molecule has 196 valence electrons. The van der Waals surface area contributed by atoms with Crippen LogP contribution < -0.4 is 13.8 Å². The molecule has 0 fully saturated rings. The highest BCUT2D eigenvalue weighted by Crippen LogP contribution is 2.56. The van der Waals surface area contributed by atoms with Crippen LogP contribution in [0.4, 0.5) is 10.1 Å². The predicted octanol–water partition coefficient (Wildman–Crippen LogP) is 5.11. The van der Waals surface area contributed by atoms with Gasteiger partial charge in [0.15, 0.2) is 17.3 Å². The van der Waals surface area contributed by atoms with Crippen LogP contribution in [0.1, 0.15) is 49.0 Å². The number of rotatable bonds is 5. The minimum Gasteiger partial charge on any atom is -0.496 e. The minimum atomic E-state index is -4.23. The summed E-state index contributed by atoms with van der Waals surface area (Å²) in [4.78, 5) is 27.6. The van der Waals surface area contributed by atoms with Gasteiger partial charge in [-0.1, -0.05) is 54.6 Å². The maximum absolute atomic E-state index is 14.2. The first-order valence-electron chi connectivity index (χ1n) is 12.1. The van der Waals surface area contributed by atoms with Crippen LogP contribution in [0.2, 0.25) is 0 Å². The van der Waals surface area contributed by atoms with Gasteiger partial charge in [0.2, 0.25) is 0 Å². The standard InChI is InChI=1S/C30H22FNO6S/c1-37-29-22-16-23(17-12-14-18(31)15-13-17)32(39(35,36)19-8-4-3-5-9-19)26(22)30(38-2)25-24(29)27(33)20-10-6-7-11-21(20)28(25)34/h3-15,23H,16H2,1-2H3. The molecule has 6 rings (SSSR count). The molecular weight excluding hydrogens is 521 g/mol. The Morgan fingerprint density at radius 3 is 1.87 bits per heavy atom. The number of methoxy groups -OCH3 is 2. The molecule has 39 heavy (non-hydrogen) atoms. The van der Waals surface area contributed by atoms with Crippen LogP contribution in [0.5, 0.6) is 11.5 Å². The van der Waals surface area contributed by atoms with Crippen molar-refractivity contribution in [3.63, 3.8) is 0 Å². The number of nitrogens with zero attached hydrogens (tertiary/aromatic N) is 1. The SMILES string of the molecule is COc1c2c(c(OC)c3c1C(=O)c1ccccc1C3=O)N(S(=O)(=O)c1ccccc1)C(c1ccc(F)cc1)C2. The van der Waals surface area contributed by atoms with Gasteiger partial charge in [0.05, 0.1) is 36.3 Å². The van der Waals surface area contributed by atoms with Gasteiger partial charge in [-0.15, -0.1) is 0 Å². The number of benzene rings is 4. The first-order chi connectivity index (χ1) is 18.8. The maximum atomic E-state index is 14.2. The number of sulfonamides is 1. The number of hydrogen-bond donors (Lipinski definition) is 0. The fourth-order valence-electron chi connectivity index (χ4n) is 5.53. The highest BCUT2D eigenvalue weighted by molar-refractivity contribution is 7.92. The zero-order valence-corrected chi connectivity index (χ0v) is 21.8. The van der Waals surface area contributed by atoms with E-state index in [9.17, 15) is 22.4 Å².